The number of hydrogen-bond acceptors (Lipinski definition) is 3. The van der Waals surface area contributed by atoms with E-state index in [1.54, 1.807) is 4.90 Å². The zero-order valence-corrected chi connectivity index (χ0v) is 10.5. The molecule has 1 fully saturated rings. The molecule has 1 aliphatic heterocycles. The van der Waals surface area contributed by atoms with Crippen LogP contribution in [-0.4, -0.2) is 41.1 Å². The summed E-state index contributed by atoms with van der Waals surface area (Å²) in [6.45, 7) is 5.24. The van der Waals surface area contributed by atoms with E-state index in [1.165, 1.54) is 12.1 Å². The van der Waals surface area contributed by atoms with Gasteiger partial charge in [0.15, 0.2) is 0 Å². The van der Waals surface area contributed by atoms with Crippen molar-refractivity contribution in [1.82, 2.24) is 10.2 Å². The lowest BCUT2D eigenvalue weighted by molar-refractivity contribution is 0.0613. The Morgan fingerprint density at radius 3 is 2.89 bits per heavy atom. The third-order valence-electron chi connectivity index (χ3n) is 3.22. The van der Waals surface area contributed by atoms with Gasteiger partial charge >= 0.3 is 0 Å². The number of nitrogens with zero attached hydrogens (tertiary/aromatic N) is 1. The van der Waals surface area contributed by atoms with Gasteiger partial charge in [0.05, 0.1) is 5.56 Å². The first-order chi connectivity index (χ1) is 8.49. The lowest BCUT2D eigenvalue weighted by Gasteiger charge is -2.37. The lowest BCUT2D eigenvalue weighted by Crippen LogP contribution is -2.56. The van der Waals surface area contributed by atoms with Crippen LogP contribution in [0, 0.1) is 5.82 Å². The SMILES string of the molecule is CC1CN(C(=O)c2ccc(F)cc2O)C(C)CN1. The number of hydrogen-bond donors (Lipinski definition) is 2. The molecule has 0 aromatic heterocycles. The fourth-order valence-corrected chi connectivity index (χ4v) is 2.14. The fourth-order valence-electron chi connectivity index (χ4n) is 2.14. The van der Waals surface area contributed by atoms with Gasteiger partial charge in [-0.15, -0.1) is 0 Å². The maximum absolute atomic E-state index is 12.9. The van der Waals surface area contributed by atoms with Gasteiger partial charge in [-0.1, -0.05) is 0 Å². The van der Waals surface area contributed by atoms with E-state index < -0.39 is 5.82 Å². The maximum Gasteiger partial charge on any atom is 0.257 e. The number of carbonyl (C=O) groups excluding carboxylic acids is 1. The summed E-state index contributed by atoms with van der Waals surface area (Å²) >= 11 is 0. The second-order valence-electron chi connectivity index (χ2n) is 4.78. The Labute approximate surface area is 105 Å². The molecule has 18 heavy (non-hydrogen) atoms. The molecule has 1 amide bonds. The van der Waals surface area contributed by atoms with Crippen LogP contribution in [0.15, 0.2) is 18.2 Å². The monoisotopic (exact) mass is 252 g/mol. The smallest absolute Gasteiger partial charge is 0.257 e. The molecule has 0 radical (unpaired) electrons. The highest BCUT2D eigenvalue weighted by atomic mass is 19.1. The van der Waals surface area contributed by atoms with Gasteiger partial charge in [0.25, 0.3) is 5.91 Å². The molecule has 1 heterocycles. The van der Waals surface area contributed by atoms with Crippen LogP contribution in [0.1, 0.15) is 24.2 Å². The molecule has 2 rings (SSSR count). The van der Waals surface area contributed by atoms with Crippen molar-refractivity contribution in [3.8, 4) is 5.75 Å². The van der Waals surface area contributed by atoms with Crippen LogP contribution >= 0.6 is 0 Å². The van der Waals surface area contributed by atoms with Crippen LogP contribution in [0.3, 0.4) is 0 Å². The minimum absolute atomic E-state index is 0.0538. The molecule has 4 nitrogen and oxygen atoms in total. The second kappa shape index (κ2) is 4.94. The number of phenols is 1. The molecular formula is C13H17FN2O2. The number of aromatic hydroxyl groups is 1. The Kier molecular flexibility index (Phi) is 3.52. The highest BCUT2D eigenvalue weighted by molar-refractivity contribution is 5.97. The molecule has 2 N–H and O–H groups in total. The van der Waals surface area contributed by atoms with E-state index in [4.69, 9.17) is 0 Å². The summed E-state index contributed by atoms with van der Waals surface area (Å²) in [5.41, 5.74) is 0.150. The second-order valence-corrected chi connectivity index (χ2v) is 4.78. The standard InChI is InChI=1S/C13H17FN2O2/c1-8-7-16(9(2)6-15-8)13(18)11-4-3-10(14)5-12(11)17/h3-5,8-9,15,17H,6-7H2,1-2H3. The summed E-state index contributed by atoms with van der Waals surface area (Å²) < 4.78 is 12.9. The Morgan fingerprint density at radius 2 is 2.22 bits per heavy atom. The Bertz CT molecular complexity index is 464. The quantitative estimate of drug-likeness (QED) is 0.793. The largest absolute Gasteiger partial charge is 0.507 e. The first kappa shape index (κ1) is 12.8. The Hall–Kier alpha value is -1.62. The van der Waals surface area contributed by atoms with Crippen LogP contribution in [0.25, 0.3) is 0 Å². The van der Waals surface area contributed by atoms with Crippen LogP contribution < -0.4 is 5.32 Å². The predicted octanol–water partition coefficient (Wildman–Crippen LogP) is 1.35. The minimum Gasteiger partial charge on any atom is -0.507 e. The molecule has 0 aliphatic carbocycles. The molecule has 1 aliphatic rings. The number of nitrogens with one attached hydrogen (secondary N) is 1. The van der Waals surface area contributed by atoms with Crippen molar-refractivity contribution in [1.29, 1.82) is 0 Å². The molecule has 2 unspecified atom stereocenters. The minimum atomic E-state index is -0.550. The first-order valence-corrected chi connectivity index (χ1v) is 6.02. The number of halogens is 1. The lowest BCUT2D eigenvalue weighted by atomic mass is 10.1. The average molecular weight is 252 g/mol. The van der Waals surface area contributed by atoms with E-state index >= 15 is 0 Å². The van der Waals surface area contributed by atoms with E-state index in [2.05, 4.69) is 5.32 Å². The van der Waals surface area contributed by atoms with Crippen LogP contribution in [0.5, 0.6) is 5.75 Å². The molecule has 1 aromatic carbocycles. The van der Waals surface area contributed by atoms with Crippen molar-refractivity contribution < 1.29 is 14.3 Å². The van der Waals surface area contributed by atoms with Crippen molar-refractivity contribution in [2.45, 2.75) is 25.9 Å². The van der Waals surface area contributed by atoms with Gasteiger partial charge in [-0.3, -0.25) is 4.79 Å². The zero-order valence-electron chi connectivity index (χ0n) is 10.5. The fraction of sp³-hybridized carbons (Fsp3) is 0.462. The van der Waals surface area contributed by atoms with Gasteiger partial charge in [-0.2, -0.15) is 0 Å². The molecule has 0 spiro atoms. The summed E-state index contributed by atoms with van der Waals surface area (Å²) in [4.78, 5) is 14.0. The van der Waals surface area contributed by atoms with E-state index in [9.17, 15) is 14.3 Å². The number of piperazine rings is 1. The number of benzene rings is 1. The Balaban J connectivity index is 2.24. The molecule has 98 valence electrons. The topological polar surface area (TPSA) is 52.6 Å². The summed E-state index contributed by atoms with van der Waals surface area (Å²) in [6.07, 6.45) is 0. The average Bonchev–Trinajstić information content (AvgIpc) is 2.31. The third kappa shape index (κ3) is 2.46. The highest BCUT2D eigenvalue weighted by Gasteiger charge is 2.28. The molecular weight excluding hydrogens is 235 g/mol. The third-order valence-corrected chi connectivity index (χ3v) is 3.22. The highest BCUT2D eigenvalue weighted by Crippen LogP contribution is 2.21. The van der Waals surface area contributed by atoms with Crippen molar-refractivity contribution >= 4 is 5.91 Å². The number of carbonyl (C=O) groups is 1. The number of rotatable bonds is 1. The van der Waals surface area contributed by atoms with Crippen molar-refractivity contribution in [3.63, 3.8) is 0 Å². The van der Waals surface area contributed by atoms with E-state index in [0.29, 0.717) is 6.54 Å². The van der Waals surface area contributed by atoms with Gasteiger partial charge < -0.3 is 15.3 Å². The van der Waals surface area contributed by atoms with Crippen molar-refractivity contribution in [3.05, 3.63) is 29.6 Å². The van der Waals surface area contributed by atoms with E-state index in [1.807, 2.05) is 13.8 Å². The van der Waals surface area contributed by atoms with Crippen molar-refractivity contribution in [2.75, 3.05) is 13.1 Å². The molecule has 0 bridgehead atoms. The van der Waals surface area contributed by atoms with Gasteiger partial charge in [0, 0.05) is 31.2 Å². The normalized spacial score (nSPS) is 24.1. The van der Waals surface area contributed by atoms with Gasteiger partial charge in [0.1, 0.15) is 11.6 Å². The zero-order chi connectivity index (χ0) is 13.3. The Morgan fingerprint density at radius 1 is 1.50 bits per heavy atom. The van der Waals surface area contributed by atoms with Crippen molar-refractivity contribution in [2.24, 2.45) is 0 Å². The van der Waals surface area contributed by atoms with Gasteiger partial charge in [0.2, 0.25) is 0 Å². The molecule has 1 aromatic rings. The number of amides is 1. The van der Waals surface area contributed by atoms with Gasteiger partial charge in [-0.05, 0) is 26.0 Å². The molecule has 0 saturated carbocycles. The van der Waals surface area contributed by atoms with E-state index in [-0.39, 0.29) is 29.3 Å². The van der Waals surface area contributed by atoms with Gasteiger partial charge in [-0.25, -0.2) is 4.39 Å². The van der Waals surface area contributed by atoms with Crippen LogP contribution in [0.2, 0.25) is 0 Å². The maximum atomic E-state index is 12.9. The van der Waals surface area contributed by atoms with Crippen LogP contribution in [0.4, 0.5) is 4.39 Å². The predicted molar refractivity (Wildman–Crippen MR) is 66.0 cm³/mol. The molecule has 5 heteroatoms. The van der Waals surface area contributed by atoms with Crippen LogP contribution in [-0.2, 0) is 0 Å². The summed E-state index contributed by atoms with van der Waals surface area (Å²) in [6, 6.07) is 3.74. The van der Waals surface area contributed by atoms with E-state index in [0.717, 1.165) is 12.6 Å². The summed E-state index contributed by atoms with van der Waals surface area (Å²) in [5, 5.41) is 12.9. The summed E-state index contributed by atoms with van der Waals surface area (Å²) in [7, 11) is 0. The number of phenolic OH excluding ortho intramolecular Hbond substituents is 1. The molecule has 1 saturated heterocycles. The first-order valence-electron chi connectivity index (χ1n) is 6.02. The summed E-state index contributed by atoms with van der Waals surface area (Å²) in [5.74, 6) is -1.11. The molecule has 2 atom stereocenters.